The number of carbonyl (C=O) groups is 2. The number of hydrogen-bond acceptors (Lipinski definition) is 4. The summed E-state index contributed by atoms with van der Waals surface area (Å²) in [7, 11) is 1.64. The van der Waals surface area contributed by atoms with Crippen molar-refractivity contribution >= 4 is 24.2 Å². The third-order valence-electron chi connectivity index (χ3n) is 6.36. The van der Waals surface area contributed by atoms with Crippen LogP contribution in [0.15, 0.2) is 24.3 Å². The fourth-order valence-electron chi connectivity index (χ4n) is 4.42. The molecule has 1 aliphatic heterocycles. The Kier molecular flexibility index (Phi) is 8.34. The molecule has 1 aromatic rings. The summed E-state index contributed by atoms with van der Waals surface area (Å²) in [6, 6.07) is 7.69. The molecule has 1 saturated carbocycles. The average molecular weight is 424 g/mol. The van der Waals surface area contributed by atoms with Gasteiger partial charge in [0.2, 0.25) is 11.8 Å². The van der Waals surface area contributed by atoms with Gasteiger partial charge in [-0.05, 0) is 50.3 Å². The minimum absolute atomic E-state index is 0. The van der Waals surface area contributed by atoms with Gasteiger partial charge < -0.3 is 20.7 Å². The molecule has 0 aromatic heterocycles. The molecule has 0 bridgehead atoms. The number of rotatable bonds is 5. The lowest BCUT2D eigenvalue weighted by Gasteiger charge is -2.41. The number of hydrogen-bond donors (Lipinski definition) is 2. The molecule has 2 fully saturated rings. The molecule has 162 valence electrons. The summed E-state index contributed by atoms with van der Waals surface area (Å²) in [5.41, 5.74) is 7.04. The number of nitrogens with two attached hydrogens (primary N) is 1. The number of amides is 2. The van der Waals surface area contributed by atoms with E-state index < -0.39 is 5.54 Å². The molecular weight excluding hydrogens is 390 g/mol. The number of carbonyl (C=O) groups excluding carboxylic acids is 2. The summed E-state index contributed by atoms with van der Waals surface area (Å²) in [6.07, 6.45) is 5.41. The molecule has 7 heteroatoms. The van der Waals surface area contributed by atoms with E-state index >= 15 is 0 Å². The van der Waals surface area contributed by atoms with E-state index in [1.54, 1.807) is 7.11 Å². The van der Waals surface area contributed by atoms with Crippen LogP contribution < -0.4 is 15.8 Å². The highest BCUT2D eigenvalue weighted by atomic mass is 35.5. The molecule has 1 aliphatic carbocycles. The van der Waals surface area contributed by atoms with Crippen molar-refractivity contribution in [3.05, 3.63) is 29.8 Å². The predicted octanol–water partition coefficient (Wildman–Crippen LogP) is 2.88. The Bertz CT molecular complexity index is 685. The van der Waals surface area contributed by atoms with Gasteiger partial charge in [-0.25, -0.2) is 0 Å². The SMILES string of the molecule is COc1ccc(CNC(=O)C2CCN(C(=O)C3CCCCC3(C)N)CC2)cc1.Cl. The van der Waals surface area contributed by atoms with Crippen LogP contribution in [0.25, 0.3) is 0 Å². The monoisotopic (exact) mass is 423 g/mol. The van der Waals surface area contributed by atoms with Crippen LogP contribution in [-0.2, 0) is 16.1 Å². The van der Waals surface area contributed by atoms with Gasteiger partial charge in [0.25, 0.3) is 0 Å². The molecule has 29 heavy (non-hydrogen) atoms. The third-order valence-corrected chi connectivity index (χ3v) is 6.36. The highest BCUT2D eigenvalue weighted by molar-refractivity contribution is 5.85. The van der Waals surface area contributed by atoms with Gasteiger partial charge in [-0.2, -0.15) is 0 Å². The zero-order valence-electron chi connectivity index (χ0n) is 17.5. The van der Waals surface area contributed by atoms with Crippen LogP contribution in [0, 0.1) is 11.8 Å². The minimum atomic E-state index is -0.401. The molecule has 1 aromatic carbocycles. The van der Waals surface area contributed by atoms with Crippen molar-refractivity contribution in [3.63, 3.8) is 0 Å². The third kappa shape index (κ3) is 5.86. The highest BCUT2D eigenvalue weighted by Gasteiger charge is 2.40. The second-order valence-corrected chi connectivity index (χ2v) is 8.47. The second kappa shape index (κ2) is 10.3. The van der Waals surface area contributed by atoms with Crippen molar-refractivity contribution in [2.75, 3.05) is 20.2 Å². The number of ether oxygens (including phenoxy) is 1. The molecular formula is C22H34ClN3O3. The lowest BCUT2D eigenvalue weighted by Crippen LogP contribution is -2.55. The second-order valence-electron chi connectivity index (χ2n) is 8.47. The van der Waals surface area contributed by atoms with E-state index in [2.05, 4.69) is 5.32 Å². The molecule has 2 atom stereocenters. The van der Waals surface area contributed by atoms with Crippen LogP contribution in [-0.4, -0.2) is 42.5 Å². The lowest BCUT2D eigenvalue weighted by molar-refractivity contribution is -0.142. The summed E-state index contributed by atoms with van der Waals surface area (Å²) in [5, 5.41) is 3.02. The molecule has 2 aliphatic rings. The Morgan fingerprint density at radius 3 is 2.41 bits per heavy atom. The van der Waals surface area contributed by atoms with Gasteiger partial charge in [0.15, 0.2) is 0 Å². The van der Waals surface area contributed by atoms with Crippen molar-refractivity contribution in [1.82, 2.24) is 10.2 Å². The minimum Gasteiger partial charge on any atom is -0.497 e. The van der Waals surface area contributed by atoms with Crippen LogP contribution in [0.1, 0.15) is 51.0 Å². The molecule has 2 amide bonds. The number of benzene rings is 1. The number of nitrogens with zero attached hydrogens (tertiary/aromatic N) is 1. The van der Waals surface area contributed by atoms with E-state index in [1.807, 2.05) is 36.1 Å². The number of halogens is 1. The van der Waals surface area contributed by atoms with Crippen LogP contribution in [0.3, 0.4) is 0 Å². The zero-order chi connectivity index (χ0) is 20.1. The average Bonchev–Trinajstić information content (AvgIpc) is 2.71. The first-order valence-corrected chi connectivity index (χ1v) is 10.4. The van der Waals surface area contributed by atoms with Gasteiger partial charge in [-0.3, -0.25) is 9.59 Å². The van der Waals surface area contributed by atoms with Gasteiger partial charge in [0, 0.05) is 31.1 Å². The van der Waals surface area contributed by atoms with Crippen molar-refractivity contribution in [3.8, 4) is 5.75 Å². The van der Waals surface area contributed by atoms with Crippen molar-refractivity contribution < 1.29 is 14.3 Å². The van der Waals surface area contributed by atoms with E-state index in [4.69, 9.17) is 10.5 Å². The van der Waals surface area contributed by atoms with E-state index in [1.165, 1.54) is 0 Å². The van der Waals surface area contributed by atoms with Gasteiger partial charge >= 0.3 is 0 Å². The van der Waals surface area contributed by atoms with E-state index in [0.29, 0.717) is 32.5 Å². The quantitative estimate of drug-likeness (QED) is 0.762. The topological polar surface area (TPSA) is 84.7 Å². The maximum absolute atomic E-state index is 12.9. The molecule has 3 rings (SSSR count). The number of nitrogens with one attached hydrogen (secondary N) is 1. The first-order valence-electron chi connectivity index (χ1n) is 10.4. The van der Waals surface area contributed by atoms with E-state index in [-0.39, 0.29) is 36.1 Å². The molecule has 1 saturated heterocycles. The number of likely N-dealkylation sites (tertiary alicyclic amines) is 1. The Labute approximate surface area is 179 Å². The van der Waals surface area contributed by atoms with Gasteiger partial charge in [-0.1, -0.05) is 25.0 Å². The smallest absolute Gasteiger partial charge is 0.227 e. The Balaban J connectivity index is 0.00000300. The van der Waals surface area contributed by atoms with Crippen LogP contribution in [0.4, 0.5) is 0 Å². The van der Waals surface area contributed by atoms with Crippen LogP contribution in [0.5, 0.6) is 5.75 Å². The summed E-state index contributed by atoms with van der Waals surface area (Å²) >= 11 is 0. The van der Waals surface area contributed by atoms with Crippen molar-refractivity contribution in [1.29, 1.82) is 0 Å². The maximum atomic E-state index is 12.9. The highest BCUT2D eigenvalue weighted by Crippen LogP contribution is 2.34. The fraction of sp³-hybridized carbons (Fsp3) is 0.636. The summed E-state index contributed by atoms with van der Waals surface area (Å²) in [6.45, 7) is 3.81. The Hall–Kier alpha value is -1.79. The van der Waals surface area contributed by atoms with Crippen molar-refractivity contribution in [2.45, 2.75) is 57.5 Å². The van der Waals surface area contributed by atoms with E-state index in [0.717, 1.165) is 37.0 Å². The van der Waals surface area contributed by atoms with Gasteiger partial charge in [0.05, 0.1) is 13.0 Å². The molecule has 2 unspecified atom stereocenters. The maximum Gasteiger partial charge on any atom is 0.227 e. The summed E-state index contributed by atoms with van der Waals surface area (Å²) < 4.78 is 5.15. The fourth-order valence-corrected chi connectivity index (χ4v) is 4.42. The van der Waals surface area contributed by atoms with E-state index in [9.17, 15) is 9.59 Å². The van der Waals surface area contributed by atoms with Crippen LogP contribution >= 0.6 is 12.4 Å². The number of methoxy groups -OCH3 is 1. The Morgan fingerprint density at radius 2 is 1.83 bits per heavy atom. The van der Waals surface area contributed by atoms with Gasteiger partial charge in [0.1, 0.15) is 5.75 Å². The summed E-state index contributed by atoms with van der Waals surface area (Å²) in [4.78, 5) is 27.4. The Morgan fingerprint density at radius 1 is 1.17 bits per heavy atom. The lowest BCUT2D eigenvalue weighted by atomic mass is 9.73. The largest absolute Gasteiger partial charge is 0.497 e. The molecule has 0 radical (unpaired) electrons. The van der Waals surface area contributed by atoms with Crippen LogP contribution in [0.2, 0.25) is 0 Å². The van der Waals surface area contributed by atoms with Gasteiger partial charge in [-0.15, -0.1) is 12.4 Å². The molecule has 0 spiro atoms. The molecule has 6 nitrogen and oxygen atoms in total. The predicted molar refractivity (Wildman–Crippen MR) is 116 cm³/mol. The standard InChI is InChI=1S/C22H33N3O3.ClH/c1-22(23)12-4-3-5-19(22)21(27)25-13-10-17(11-14-25)20(26)24-15-16-6-8-18(28-2)9-7-16;/h6-9,17,19H,3-5,10-15,23H2,1-2H3,(H,24,26);1H. The molecule has 3 N–H and O–H groups in total. The van der Waals surface area contributed by atoms with Crippen molar-refractivity contribution in [2.24, 2.45) is 17.6 Å². The number of piperidine rings is 1. The first-order chi connectivity index (χ1) is 13.4. The summed E-state index contributed by atoms with van der Waals surface area (Å²) in [5.74, 6) is 0.948. The molecule has 1 heterocycles. The normalized spacial score (nSPS) is 25.1. The zero-order valence-corrected chi connectivity index (χ0v) is 18.3. The first kappa shape index (κ1) is 23.5.